The highest BCUT2D eigenvalue weighted by Crippen LogP contribution is 2.33. The Morgan fingerprint density at radius 3 is 2.50 bits per heavy atom. The van der Waals surface area contributed by atoms with Crippen LogP contribution in [0.25, 0.3) is 0 Å². The third kappa shape index (κ3) is 4.23. The van der Waals surface area contributed by atoms with Crippen LogP contribution in [0.2, 0.25) is 0 Å². The molecule has 1 aromatic carbocycles. The van der Waals surface area contributed by atoms with Gasteiger partial charge >= 0.3 is 11.7 Å². The van der Waals surface area contributed by atoms with Gasteiger partial charge in [0, 0.05) is 31.8 Å². The van der Waals surface area contributed by atoms with Gasteiger partial charge in [0.15, 0.2) is 0 Å². The van der Waals surface area contributed by atoms with Gasteiger partial charge in [0.05, 0.1) is 11.6 Å². The van der Waals surface area contributed by atoms with Gasteiger partial charge in [0.1, 0.15) is 11.4 Å². The van der Waals surface area contributed by atoms with Crippen LogP contribution >= 0.6 is 0 Å². The number of aliphatic hydroxyl groups is 1. The average Bonchev–Trinajstić information content (AvgIpc) is 3.07. The lowest BCUT2D eigenvalue weighted by Crippen LogP contribution is -2.55. The normalized spacial score (nSPS) is 26.8. The molecule has 2 aliphatic rings. The second kappa shape index (κ2) is 8.52. The van der Waals surface area contributed by atoms with Crippen LogP contribution in [0.15, 0.2) is 46.1 Å². The number of aromatic amines is 1. The summed E-state index contributed by atoms with van der Waals surface area (Å²) in [7, 11) is 0. The Bertz CT molecular complexity index is 1250. The molecule has 2 aromatic rings. The van der Waals surface area contributed by atoms with Crippen molar-refractivity contribution >= 4 is 17.8 Å². The van der Waals surface area contributed by atoms with E-state index in [1.165, 1.54) is 27.8 Å². The zero-order valence-corrected chi connectivity index (χ0v) is 18.3. The van der Waals surface area contributed by atoms with Crippen molar-refractivity contribution in [3.8, 4) is 0 Å². The molecule has 180 valence electrons. The van der Waals surface area contributed by atoms with Crippen LogP contribution in [0.5, 0.6) is 0 Å². The molecular formula is C22H24FN5O6. The van der Waals surface area contributed by atoms with Crippen molar-refractivity contribution in [2.24, 2.45) is 0 Å². The van der Waals surface area contributed by atoms with E-state index in [9.17, 15) is 33.5 Å². The summed E-state index contributed by atoms with van der Waals surface area (Å²) in [4.78, 5) is 64.9. The molecule has 0 bridgehead atoms. The van der Waals surface area contributed by atoms with Crippen LogP contribution in [-0.2, 0) is 15.1 Å². The van der Waals surface area contributed by atoms with Gasteiger partial charge in [-0.3, -0.25) is 29.3 Å². The molecule has 4 rings (SSSR count). The number of nitrogens with one attached hydrogen (secondary N) is 3. The van der Waals surface area contributed by atoms with Gasteiger partial charge in [-0.15, -0.1) is 0 Å². The Morgan fingerprint density at radius 1 is 1.18 bits per heavy atom. The van der Waals surface area contributed by atoms with Gasteiger partial charge in [0.25, 0.3) is 11.5 Å². The number of amides is 4. The molecule has 12 heteroatoms. The number of carbonyl (C=O) groups is 3. The molecule has 2 saturated heterocycles. The van der Waals surface area contributed by atoms with Gasteiger partial charge in [0.2, 0.25) is 5.91 Å². The van der Waals surface area contributed by atoms with Crippen LogP contribution in [-0.4, -0.2) is 56.1 Å². The maximum atomic E-state index is 13.4. The second-order valence-electron chi connectivity index (χ2n) is 8.80. The fraction of sp³-hybridized carbons (Fsp3) is 0.409. The standard InChI is InChI=1S/C22H24FN5O6/c1-21(34)9-11-27(12-15(21)28-10-7-16(29)24-20(28)33)17(30)6-8-22(18(31)25-19(32)26-22)13-2-4-14(23)5-3-13/h2-5,7,10,15,34H,6,8-9,11-12H2,1H3,(H,24,29,33)(H2,25,26,31,32)/t15-,21-,22?/m1/s1. The van der Waals surface area contributed by atoms with Gasteiger partial charge in [-0.1, -0.05) is 12.1 Å². The van der Waals surface area contributed by atoms with Gasteiger partial charge < -0.3 is 15.3 Å². The molecule has 1 unspecified atom stereocenters. The minimum atomic E-state index is -1.53. The number of piperidine rings is 1. The Labute approximate surface area is 192 Å². The fourth-order valence-corrected chi connectivity index (χ4v) is 4.51. The van der Waals surface area contributed by atoms with E-state index in [0.717, 1.165) is 18.2 Å². The molecule has 3 heterocycles. The summed E-state index contributed by atoms with van der Waals surface area (Å²) in [6.07, 6.45) is 1.23. The van der Waals surface area contributed by atoms with Crippen LogP contribution < -0.4 is 21.9 Å². The van der Waals surface area contributed by atoms with Crippen molar-refractivity contribution in [3.63, 3.8) is 0 Å². The maximum absolute atomic E-state index is 13.4. The quantitative estimate of drug-likeness (QED) is 0.438. The molecule has 0 spiro atoms. The summed E-state index contributed by atoms with van der Waals surface area (Å²) in [6.45, 7) is 1.77. The maximum Gasteiger partial charge on any atom is 0.328 e. The number of hydrogen-bond donors (Lipinski definition) is 4. The predicted octanol–water partition coefficient (Wildman–Crippen LogP) is -0.285. The number of rotatable bonds is 5. The molecule has 3 atom stereocenters. The number of hydrogen-bond acceptors (Lipinski definition) is 6. The minimum Gasteiger partial charge on any atom is -0.388 e. The summed E-state index contributed by atoms with van der Waals surface area (Å²) in [6, 6.07) is 4.71. The van der Waals surface area contributed by atoms with E-state index < -0.39 is 46.2 Å². The third-order valence-corrected chi connectivity index (χ3v) is 6.53. The van der Waals surface area contributed by atoms with E-state index in [1.54, 1.807) is 6.92 Å². The zero-order chi connectivity index (χ0) is 24.7. The van der Waals surface area contributed by atoms with Gasteiger partial charge in [-0.05, 0) is 37.5 Å². The summed E-state index contributed by atoms with van der Waals surface area (Å²) in [5, 5.41) is 15.6. The van der Waals surface area contributed by atoms with E-state index in [0.29, 0.717) is 5.56 Å². The van der Waals surface area contributed by atoms with Gasteiger partial charge in [-0.25, -0.2) is 14.0 Å². The van der Waals surface area contributed by atoms with Crippen molar-refractivity contribution < 1.29 is 23.9 Å². The van der Waals surface area contributed by atoms with Crippen LogP contribution in [0.4, 0.5) is 9.18 Å². The highest BCUT2D eigenvalue weighted by atomic mass is 19.1. The van der Waals surface area contributed by atoms with Crippen molar-refractivity contribution in [2.75, 3.05) is 13.1 Å². The summed E-state index contributed by atoms with van der Waals surface area (Å²) >= 11 is 0. The number of urea groups is 1. The first-order valence-corrected chi connectivity index (χ1v) is 10.7. The topological polar surface area (TPSA) is 154 Å². The number of H-pyrrole nitrogens is 1. The number of imide groups is 1. The molecule has 4 amide bonds. The van der Waals surface area contributed by atoms with Crippen molar-refractivity contribution in [1.29, 1.82) is 0 Å². The smallest absolute Gasteiger partial charge is 0.328 e. The number of halogens is 1. The van der Waals surface area contributed by atoms with Crippen LogP contribution in [0.3, 0.4) is 0 Å². The Morgan fingerprint density at radius 2 is 1.88 bits per heavy atom. The third-order valence-electron chi connectivity index (χ3n) is 6.53. The zero-order valence-electron chi connectivity index (χ0n) is 18.3. The summed E-state index contributed by atoms with van der Waals surface area (Å²) in [5.74, 6) is -1.51. The Kier molecular flexibility index (Phi) is 5.86. The number of benzene rings is 1. The Balaban J connectivity index is 1.54. The lowest BCUT2D eigenvalue weighted by Gasteiger charge is -2.43. The first-order valence-electron chi connectivity index (χ1n) is 10.7. The van der Waals surface area contributed by atoms with E-state index >= 15 is 0 Å². The monoisotopic (exact) mass is 473 g/mol. The number of carbonyl (C=O) groups excluding carboxylic acids is 3. The van der Waals surface area contributed by atoms with E-state index in [2.05, 4.69) is 15.6 Å². The van der Waals surface area contributed by atoms with Crippen LogP contribution in [0.1, 0.15) is 37.8 Å². The molecule has 4 N–H and O–H groups in total. The van der Waals surface area contributed by atoms with Crippen molar-refractivity contribution in [2.45, 2.75) is 43.4 Å². The molecule has 34 heavy (non-hydrogen) atoms. The largest absolute Gasteiger partial charge is 0.388 e. The first-order chi connectivity index (χ1) is 16.0. The van der Waals surface area contributed by atoms with E-state index in [-0.39, 0.29) is 38.3 Å². The summed E-state index contributed by atoms with van der Waals surface area (Å²) < 4.78 is 14.6. The molecule has 2 fully saturated rings. The van der Waals surface area contributed by atoms with Crippen molar-refractivity contribution in [1.82, 2.24) is 25.1 Å². The lowest BCUT2D eigenvalue weighted by molar-refractivity contribution is -0.138. The van der Waals surface area contributed by atoms with Gasteiger partial charge in [-0.2, -0.15) is 0 Å². The van der Waals surface area contributed by atoms with E-state index in [4.69, 9.17) is 0 Å². The molecule has 2 aliphatic heterocycles. The predicted molar refractivity (Wildman–Crippen MR) is 116 cm³/mol. The fourth-order valence-electron chi connectivity index (χ4n) is 4.51. The summed E-state index contributed by atoms with van der Waals surface area (Å²) in [5.41, 5.74) is -3.78. The van der Waals surface area contributed by atoms with Crippen LogP contribution in [0, 0.1) is 5.82 Å². The molecule has 0 aliphatic carbocycles. The molecular weight excluding hydrogens is 449 g/mol. The van der Waals surface area contributed by atoms with E-state index in [1.807, 2.05) is 0 Å². The average molecular weight is 473 g/mol. The number of nitrogens with zero attached hydrogens (tertiary/aromatic N) is 2. The molecule has 1 aromatic heterocycles. The SMILES string of the molecule is C[C@@]1(O)CCN(C(=O)CCC2(c3ccc(F)cc3)NC(=O)NC2=O)C[C@H]1n1ccc(=O)[nH]c1=O. The molecule has 0 saturated carbocycles. The highest BCUT2D eigenvalue weighted by molar-refractivity contribution is 6.07. The minimum absolute atomic E-state index is 0.000112. The number of aromatic nitrogens is 2. The Hall–Kier alpha value is -3.80. The second-order valence-corrected chi connectivity index (χ2v) is 8.80. The molecule has 11 nitrogen and oxygen atoms in total. The lowest BCUT2D eigenvalue weighted by atomic mass is 9.84. The van der Waals surface area contributed by atoms with Crippen molar-refractivity contribution in [3.05, 3.63) is 68.7 Å². The number of likely N-dealkylation sites (tertiary alicyclic amines) is 1. The first kappa shape index (κ1) is 23.4. The highest BCUT2D eigenvalue weighted by Gasteiger charge is 2.48. The molecule has 0 radical (unpaired) electrons.